The third-order valence-electron chi connectivity index (χ3n) is 4.24. The fraction of sp³-hybridized carbons (Fsp3) is 0.471. The minimum Gasteiger partial charge on any atom is -0.367 e. The zero-order valence-electron chi connectivity index (χ0n) is 12.0. The van der Waals surface area contributed by atoms with Gasteiger partial charge in [0.05, 0.1) is 0 Å². The lowest BCUT2D eigenvalue weighted by Crippen LogP contribution is -2.33. The van der Waals surface area contributed by atoms with Crippen molar-refractivity contribution in [3.63, 3.8) is 0 Å². The minimum absolute atomic E-state index is 0.841. The van der Waals surface area contributed by atoms with Gasteiger partial charge in [0.15, 0.2) is 0 Å². The van der Waals surface area contributed by atoms with E-state index in [1.807, 2.05) is 12.4 Å². The zero-order valence-corrected chi connectivity index (χ0v) is 12.0. The quantitative estimate of drug-likeness (QED) is 0.911. The summed E-state index contributed by atoms with van der Waals surface area (Å²) in [5.74, 6) is 0.841. The number of allylic oxidation sites excluding steroid dienone is 2. The molecule has 0 saturated carbocycles. The van der Waals surface area contributed by atoms with Gasteiger partial charge in [-0.1, -0.05) is 12.2 Å². The highest BCUT2D eigenvalue weighted by atomic mass is 15.1. The number of nitrogens with one attached hydrogen (secondary N) is 1. The SMILES string of the molecule is C1=CCN(CCC2CCCNC2)C(c2ccncc2)=C1. The molecule has 1 aromatic heterocycles. The third-order valence-corrected chi connectivity index (χ3v) is 4.24. The predicted octanol–water partition coefficient (Wildman–Crippen LogP) is 2.68. The Balaban J connectivity index is 1.63. The van der Waals surface area contributed by atoms with Gasteiger partial charge < -0.3 is 10.2 Å². The number of rotatable bonds is 4. The van der Waals surface area contributed by atoms with Crippen molar-refractivity contribution in [1.82, 2.24) is 15.2 Å². The molecular weight excluding hydrogens is 246 g/mol. The van der Waals surface area contributed by atoms with Crippen LogP contribution >= 0.6 is 0 Å². The van der Waals surface area contributed by atoms with E-state index in [2.05, 4.69) is 45.6 Å². The smallest absolute Gasteiger partial charge is 0.0443 e. The van der Waals surface area contributed by atoms with Crippen molar-refractivity contribution in [2.24, 2.45) is 5.92 Å². The summed E-state index contributed by atoms with van der Waals surface area (Å²) in [4.78, 5) is 6.60. The summed E-state index contributed by atoms with van der Waals surface area (Å²) in [6, 6.07) is 4.19. The Hall–Kier alpha value is -1.61. The van der Waals surface area contributed by atoms with Gasteiger partial charge in [-0.3, -0.25) is 4.98 Å². The monoisotopic (exact) mass is 269 g/mol. The van der Waals surface area contributed by atoms with Crippen LogP contribution in [0.15, 0.2) is 42.8 Å². The highest BCUT2D eigenvalue weighted by Crippen LogP contribution is 2.23. The van der Waals surface area contributed by atoms with Gasteiger partial charge in [-0.25, -0.2) is 0 Å². The Morgan fingerprint density at radius 1 is 1.30 bits per heavy atom. The molecule has 1 aromatic rings. The summed E-state index contributed by atoms with van der Waals surface area (Å²) in [7, 11) is 0. The van der Waals surface area contributed by atoms with Crippen LogP contribution in [0, 0.1) is 5.92 Å². The van der Waals surface area contributed by atoms with Gasteiger partial charge in [0.1, 0.15) is 0 Å². The summed E-state index contributed by atoms with van der Waals surface area (Å²) < 4.78 is 0. The molecule has 106 valence electrons. The van der Waals surface area contributed by atoms with Gasteiger partial charge >= 0.3 is 0 Å². The van der Waals surface area contributed by atoms with E-state index in [0.29, 0.717) is 0 Å². The van der Waals surface area contributed by atoms with Crippen LogP contribution < -0.4 is 5.32 Å². The highest BCUT2D eigenvalue weighted by molar-refractivity contribution is 5.66. The maximum atomic E-state index is 4.11. The normalized spacial score (nSPS) is 22.7. The topological polar surface area (TPSA) is 28.2 Å². The lowest BCUT2D eigenvalue weighted by molar-refractivity contribution is 0.313. The maximum Gasteiger partial charge on any atom is 0.0443 e. The second-order valence-electron chi connectivity index (χ2n) is 5.66. The molecule has 0 bridgehead atoms. The van der Waals surface area contributed by atoms with Gasteiger partial charge in [0.25, 0.3) is 0 Å². The van der Waals surface area contributed by atoms with Crippen LogP contribution in [0.25, 0.3) is 5.70 Å². The van der Waals surface area contributed by atoms with E-state index in [9.17, 15) is 0 Å². The average molecular weight is 269 g/mol. The molecule has 1 saturated heterocycles. The van der Waals surface area contributed by atoms with E-state index in [4.69, 9.17) is 0 Å². The van der Waals surface area contributed by atoms with Crippen LogP contribution in [0.4, 0.5) is 0 Å². The number of nitrogens with zero attached hydrogens (tertiary/aromatic N) is 2. The van der Waals surface area contributed by atoms with Gasteiger partial charge in [0.2, 0.25) is 0 Å². The van der Waals surface area contributed by atoms with E-state index in [0.717, 1.165) is 19.0 Å². The number of hydrogen-bond acceptors (Lipinski definition) is 3. The van der Waals surface area contributed by atoms with Crippen LogP contribution in [0.5, 0.6) is 0 Å². The molecule has 2 aliphatic rings. The van der Waals surface area contributed by atoms with E-state index in [1.165, 1.54) is 43.6 Å². The molecule has 0 aromatic carbocycles. The standard InChI is InChI=1S/C17H23N3/c1-2-12-20(13-8-15-4-3-9-19-14-15)17(5-1)16-6-10-18-11-7-16/h1-2,5-7,10-11,15,19H,3-4,8-9,12-14H2. The van der Waals surface area contributed by atoms with Gasteiger partial charge in [0, 0.05) is 36.7 Å². The molecule has 0 spiro atoms. The molecule has 3 rings (SSSR count). The summed E-state index contributed by atoms with van der Waals surface area (Å²) in [5, 5.41) is 3.51. The first-order valence-corrected chi connectivity index (χ1v) is 7.66. The number of hydrogen-bond donors (Lipinski definition) is 1. The van der Waals surface area contributed by atoms with E-state index >= 15 is 0 Å². The van der Waals surface area contributed by atoms with Crippen molar-refractivity contribution in [3.8, 4) is 0 Å². The lowest BCUT2D eigenvalue weighted by atomic mass is 9.95. The van der Waals surface area contributed by atoms with Crippen LogP contribution in [-0.2, 0) is 0 Å². The molecular formula is C17H23N3. The number of aromatic nitrogens is 1. The van der Waals surface area contributed by atoms with Crippen molar-refractivity contribution in [2.45, 2.75) is 19.3 Å². The minimum atomic E-state index is 0.841. The van der Waals surface area contributed by atoms with E-state index in [-0.39, 0.29) is 0 Å². The van der Waals surface area contributed by atoms with Crippen LogP contribution in [-0.4, -0.2) is 36.1 Å². The number of piperidine rings is 1. The van der Waals surface area contributed by atoms with Crippen molar-refractivity contribution in [3.05, 3.63) is 48.3 Å². The molecule has 1 fully saturated rings. The fourth-order valence-electron chi connectivity index (χ4n) is 3.07. The Labute approximate surface area is 121 Å². The highest BCUT2D eigenvalue weighted by Gasteiger charge is 2.17. The Morgan fingerprint density at radius 3 is 3.00 bits per heavy atom. The van der Waals surface area contributed by atoms with Crippen molar-refractivity contribution >= 4 is 5.70 Å². The third kappa shape index (κ3) is 3.28. The lowest BCUT2D eigenvalue weighted by Gasteiger charge is -2.31. The summed E-state index contributed by atoms with van der Waals surface area (Å²) in [6.45, 7) is 4.56. The van der Waals surface area contributed by atoms with Gasteiger partial charge in [-0.05, 0) is 56.5 Å². The molecule has 3 heterocycles. The molecule has 1 unspecified atom stereocenters. The van der Waals surface area contributed by atoms with Crippen molar-refractivity contribution in [2.75, 3.05) is 26.2 Å². The van der Waals surface area contributed by atoms with Gasteiger partial charge in [-0.2, -0.15) is 0 Å². The maximum absolute atomic E-state index is 4.11. The molecule has 1 atom stereocenters. The van der Waals surface area contributed by atoms with Crippen molar-refractivity contribution in [1.29, 1.82) is 0 Å². The Kier molecular flexibility index (Phi) is 4.49. The first-order chi connectivity index (χ1) is 9.93. The Bertz CT molecular complexity index is 472. The summed E-state index contributed by atoms with van der Waals surface area (Å²) in [6.07, 6.45) is 14.4. The molecule has 0 aliphatic carbocycles. The average Bonchev–Trinajstić information content (AvgIpc) is 2.55. The van der Waals surface area contributed by atoms with Crippen LogP contribution in [0.2, 0.25) is 0 Å². The molecule has 1 N–H and O–H groups in total. The zero-order chi connectivity index (χ0) is 13.6. The summed E-state index contributed by atoms with van der Waals surface area (Å²) in [5.41, 5.74) is 2.60. The fourth-order valence-corrected chi connectivity index (χ4v) is 3.07. The Morgan fingerprint density at radius 2 is 2.20 bits per heavy atom. The van der Waals surface area contributed by atoms with E-state index < -0.39 is 0 Å². The van der Waals surface area contributed by atoms with Crippen molar-refractivity contribution < 1.29 is 0 Å². The molecule has 0 amide bonds. The first-order valence-electron chi connectivity index (χ1n) is 7.66. The second-order valence-corrected chi connectivity index (χ2v) is 5.66. The summed E-state index contributed by atoms with van der Waals surface area (Å²) >= 11 is 0. The van der Waals surface area contributed by atoms with Crippen LogP contribution in [0.1, 0.15) is 24.8 Å². The van der Waals surface area contributed by atoms with Gasteiger partial charge in [-0.15, -0.1) is 0 Å². The molecule has 3 nitrogen and oxygen atoms in total. The second kappa shape index (κ2) is 6.71. The molecule has 3 heteroatoms. The molecule has 0 radical (unpaired) electrons. The largest absolute Gasteiger partial charge is 0.367 e. The predicted molar refractivity (Wildman–Crippen MR) is 83.1 cm³/mol. The molecule has 2 aliphatic heterocycles. The van der Waals surface area contributed by atoms with Crippen LogP contribution in [0.3, 0.4) is 0 Å². The number of pyridine rings is 1. The first kappa shape index (κ1) is 13.4. The molecule has 20 heavy (non-hydrogen) atoms. The van der Waals surface area contributed by atoms with E-state index in [1.54, 1.807) is 0 Å².